The summed E-state index contributed by atoms with van der Waals surface area (Å²) in [5.74, 6) is 1.24. The lowest BCUT2D eigenvalue weighted by atomic mass is 9.78. The minimum atomic E-state index is -0.861. The molecule has 2 aliphatic rings. The molecule has 4 atom stereocenters. The van der Waals surface area contributed by atoms with Crippen molar-refractivity contribution in [2.45, 2.75) is 56.8 Å². The van der Waals surface area contributed by atoms with Gasteiger partial charge in [-0.05, 0) is 31.6 Å². The molecule has 2 fully saturated rings. The third-order valence-corrected chi connectivity index (χ3v) is 5.88. The quantitative estimate of drug-likeness (QED) is 0.769. The highest BCUT2D eigenvalue weighted by molar-refractivity contribution is 6.53. The van der Waals surface area contributed by atoms with Gasteiger partial charge in [-0.2, -0.15) is 0 Å². The zero-order chi connectivity index (χ0) is 12.8. The highest BCUT2D eigenvalue weighted by Gasteiger charge is 2.68. The average Bonchev–Trinajstić information content (AvgIpc) is 2.75. The fraction of sp³-hybridized carbons (Fsp3) is 0.923. The Morgan fingerprint density at radius 3 is 2.41 bits per heavy atom. The molecule has 2 saturated carbocycles. The van der Waals surface area contributed by atoms with E-state index in [1.165, 1.54) is 12.8 Å². The van der Waals surface area contributed by atoms with Crippen LogP contribution in [0.1, 0.15) is 46.5 Å². The van der Waals surface area contributed by atoms with Crippen molar-refractivity contribution in [3.05, 3.63) is 0 Å². The Hall–Kier alpha value is 0.0500. The SMILES string of the molecule is C[C@@H]1[C@@H](C)CCC[C@H]1NC(=O)[C@]1(C)CC1(Cl)Cl. The molecule has 0 aromatic rings. The number of carbonyl (C=O) groups excluding carboxylic acids is 1. The van der Waals surface area contributed by atoms with Crippen LogP contribution in [0.3, 0.4) is 0 Å². The van der Waals surface area contributed by atoms with Crippen molar-refractivity contribution >= 4 is 29.1 Å². The van der Waals surface area contributed by atoms with Crippen molar-refractivity contribution in [1.82, 2.24) is 5.32 Å². The first-order valence-corrected chi connectivity index (χ1v) is 7.22. The highest BCUT2D eigenvalue weighted by atomic mass is 35.5. The summed E-state index contributed by atoms with van der Waals surface area (Å²) in [5, 5.41) is 3.15. The molecule has 0 aliphatic heterocycles. The van der Waals surface area contributed by atoms with Crippen molar-refractivity contribution < 1.29 is 4.79 Å². The second kappa shape index (κ2) is 4.31. The van der Waals surface area contributed by atoms with E-state index in [4.69, 9.17) is 23.2 Å². The van der Waals surface area contributed by atoms with Gasteiger partial charge in [0, 0.05) is 6.04 Å². The van der Waals surface area contributed by atoms with Gasteiger partial charge < -0.3 is 5.32 Å². The molecule has 0 saturated heterocycles. The third-order valence-electron chi connectivity index (χ3n) is 4.78. The smallest absolute Gasteiger partial charge is 0.229 e. The molecule has 0 radical (unpaired) electrons. The Balaban J connectivity index is 1.95. The Labute approximate surface area is 113 Å². The molecule has 0 spiro atoms. The number of carbonyl (C=O) groups is 1. The monoisotopic (exact) mass is 277 g/mol. The van der Waals surface area contributed by atoms with E-state index in [2.05, 4.69) is 19.2 Å². The van der Waals surface area contributed by atoms with Gasteiger partial charge in [0.15, 0.2) is 0 Å². The van der Waals surface area contributed by atoms with Crippen molar-refractivity contribution in [1.29, 1.82) is 0 Å². The van der Waals surface area contributed by atoms with Crippen LogP contribution in [0, 0.1) is 17.3 Å². The van der Waals surface area contributed by atoms with Crippen LogP contribution in [0.15, 0.2) is 0 Å². The number of amides is 1. The Morgan fingerprint density at radius 2 is 1.88 bits per heavy atom. The van der Waals surface area contributed by atoms with Crippen LogP contribution in [0.4, 0.5) is 0 Å². The molecular weight excluding hydrogens is 257 g/mol. The van der Waals surface area contributed by atoms with Gasteiger partial charge >= 0.3 is 0 Å². The summed E-state index contributed by atoms with van der Waals surface area (Å²) < 4.78 is -0.861. The lowest BCUT2D eigenvalue weighted by molar-refractivity contribution is -0.127. The topological polar surface area (TPSA) is 29.1 Å². The van der Waals surface area contributed by atoms with Crippen LogP contribution < -0.4 is 5.32 Å². The largest absolute Gasteiger partial charge is 0.353 e. The van der Waals surface area contributed by atoms with Gasteiger partial charge in [-0.25, -0.2) is 0 Å². The minimum absolute atomic E-state index is 0.0217. The van der Waals surface area contributed by atoms with E-state index < -0.39 is 9.75 Å². The van der Waals surface area contributed by atoms with E-state index in [-0.39, 0.29) is 11.9 Å². The maximum atomic E-state index is 12.2. The van der Waals surface area contributed by atoms with E-state index in [9.17, 15) is 4.79 Å². The molecule has 0 bridgehead atoms. The molecule has 2 rings (SSSR count). The first-order chi connectivity index (χ1) is 7.78. The Morgan fingerprint density at radius 1 is 1.29 bits per heavy atom. The molecule has 1 amide bonds. The molecule has 2 aliphatic carbocycles. The predicted octanol–water partition coefficient (Wildman–Crippen LogP) is 3.51. The predicted molar refractivity (Wildman–Crippen MR) is 71.3 cm³/mol. The van der Waals surface area contributed by atoms with Crippen LogP contribution in [-0.2, 0) is 4.79 Å². The van der Waals surface area contributed by atoms with E-state index >= 15 is 0 Å². The summed E-state index contributed by atoms with van der Waals surface area (Å²) in [6.45, 7) is 6.33. The van der Waals surface area contributed by atoms with Gasteiger partial charge in [-0.1, -0.05) is 26.7 Å². The number of nitrogens with one attached hydrogen (secondary N) is 1. The van der Waals surface area contributed by atoms with Crippen LogP contribution in [0.25, 0.3) is 0 Å². The van der Waals surface area contributed by atoms with E-state index in [1.807, 2.05) is 6.92 Å². The summed E-state index contributed by atoms with van der Waals surface area (Å²) in [5.41, 5.74) is -0.587. The third kappa shape index (κ3) is 2.31. The molecule has 0 unspecified atom stereocenters. The van der Waals surface area contributed by atoms with Gasteiger partial charge in [0.1, 0.15) is 4.33 Å². The first-order valence-electron chi connectivity index (χ1n) is 6.47. The second-order valence-electron chi connectivity index (χ2n) is 6.06. The molecule has 1 N–H and O–H groups in total. The zero-order valence-corrected chi connectivity index (χ0v) is 12.2. The first kappa shape index (κ1) is 13.5. The van der Waals surface area contributed by atoms with Crippen LogP contribution in [-0.4, -0.2) is 16.3 Å². The molecule has 0 aromatic carbocycles. The summed E-state index contributed by atoms with van der Waals surface area (Å²) in [6.07, 6.45) is 4.09. The molecule has 4 heteroatoms. The van der Waals surface area contributed by atoms with E-state index in [0.29, 0.717) is 18.3 Å². The number of alkyl halides is 2. The van der Waals surface area contributed by atoms with Gasteiger partial charge in [0.25, 0.3) is 0 Å². The molecule has 0 aromatic heterocycles. The molecule has 17 heavy (non-hydrogen) atoms. The lowest BCUT2D eigenvalue weighted by Crippen LogP contribution is -2.46. The Kier molecular flexibility index (Phi) is 3.42. The average molecular weight is 278 g/mol. The molecular formula is C13H21Cl2NO. The van der Waals surface area contributed by atoms with E-state index in [0.717, 1.165) is 6.42 Å². The maximum Gasteiger partial charge on any atom is 0.229 e. The van der Waals surface area contributed by atoms with Gasteiger partial charge in [-0.15, -0.1) is 23.2 Å². The summed E-state index contributed by atoms with van der Waals surface area (Å²) >= 11 is 12.1. The molecule has 2 nitrogen and oxygen atoms in total. The second-order valence-corrected chi connectivity index (χ2v) is 7.54. The Bertz CT molecular complexity index is 331. The van der Waals surface area contributed by atoms with Crippen molar-refractivity contribution in [3.8, 4) is 0 Å². The number of hydrogen-bond acceptors (Lipinski definition) is 1. The van der Waals surface area contributed by atoms with Gasteiger partial charge in [-0.3, -0.25) is 4.79 Å². The fourth-order valence-electron chi connectivity index (χ4n) is 2.76. The standard InChI is InChI=1S/C13H21Cl2NO/c1-8-5-4-6-10(9(8)2)16-11(17)12(3)7-13(12,14)15/h8-10H,4-7H2,1-3H3,(H,16,17)/t8-,9+,10+,12-/m0/s1. The normalized spacial score (nSPS) is 44.2. The number of halogens is 2. The van der Waals surface area contributed by atoms with Crippen LogP contribution in [0.2, 0.25) is 0 Å². The molecule has 98 valence electrons. The maximum absolute atomic E-state index is 12.2. The minimum Gasteiger partial charge on any atom is -0.353 e. The van der Waals surface area contributed by atoms with Crippen molar-refractivity contribution in [2.75, 3.05) is 0 Å². The highest BCUT2D eigenvalue weighted by Crippen LogP contribution is 2.63. The summed E-state index contributed by atoms with van der Waals surface area (Å²) in [7, 11) is 0. The molecule has 0 heterocycles. The van der Waals surface area contributed by atoms with Gasteiger partial charge in [0.2, 0.25) is 5.91 Å². The van der Waals surface area contributed by atoms with Gasteiger partial charge in [0.05, 0.1) is 5.41 Å². The summed E-state index contributed by atoms with van der Waals surface area (Å²) in [4.78, 5) is 12.2. The fourth-order valence-corrected chi connectivity index (χ4v) is 3.47. The van der Waals surface area contributed by atoms with Crippen molar-refractivity contribution in [3.63, 3.8) is 0 Å². The summed E-state index contributed by atoms with van der Waals surface area (Å²) in [6, 6.07) is 0.285. The van der Waals surface area contributed by atoms with Crippen molar-refractivity contribution in [2.24, 2.45) is 17.3 Å². The van der Waals surface area contributed by atoms with Crippen LogP contribution in [0.5, 0.6) is 0 Å². The lowest BCUT2D eigenvalue weighted by Gasteiger charge is -2.35. The van der Waals surface area contributed by atoms with E-state index in [1.54, 1.807) is 0 Å². The van der Waals surface area contributed by atoms with Crippen LogP contribution >= 0.6 is 23.2 Å². The zero-order valence-electron chi connectivity index (χ0n) is 10.7. The number of rotatable bonds is 2. The number of hydrogen-bond donors (Lipinski definition) is 1.